The van der Waals surface area contributed by atoms with Crippen molar-refractivity contribution in [2.75, 3.05) is 0 Å². The molecule has 0 aliphatic rings. The molecule has 1 heterocycles. The Morgan fingerprint density at radius 1 is 1.28 bits per heavy atom. The summed E-state index contributed by atoms with van der Waals surface area (Å²) < 4.78 is 25.7. The molecule has 5 heteroatoms. The van der Waals surface area contributed by atoms with Crippen LogP contribution in [0, 0.1) is 0 Å². The lowest BCUT2D eigenvalue weighted by atomic mass is 10.0. The number of ketones is 1. The molecule has 1 aromatic heterocycles. The normalized spacial score (nSPS) is 10.7. The average Bonchev–Trinajstić information content (AvgIpc) is 2.39. The van der Waals surface area contributed by atoms with Gasteiger partial charge in [-0.05, 0) is 24.3 Å². The highest BCUT2D eigenvalue weighted by Gasteiger charge is 2.16. The molecule has 0 spiro atoms. The summed E-state index contributed by atoms with van der Waals surface area (Å²) in [7, 11) is 0. The van der Waals surface area contributed by atoms with Crippen LogP contribution >= 0.6 is 15.9 Å². The maximum atomic E-state index is 12.6. The van der Waals surface area contributed by atoms with Crippen molar-refractivity contribution in [3.05, 3.63) is 63.9 Å². The molecule has 0 amide bonds. The number of carbonyl (C=O) groups excluding carboxylic acids is 1. The van der Waals surface area contributed by atoms with E-state index in [-0.39, 0.29) is 16.9 Å². The first-order chi connectivity index (χ1) is 8.59. The molecule has 0 fully saturated rings. The predicted molar refractivity (Wildman–Crippen MR) is 66.8 cm³/mol. The molecule has 18 heavy (non-hydrogen) atoms. The molecule has 0 bridgehead atoms. The van der Waals surface area contributed by atoms with Crippen molar-refractivity contribution in [1.82, 2.24) is 4.98 Å². The van der Waals surface area contributed by atoms with Crippen molar-refractivity contribution in [3.63, 3.8) is 0 Å². The van der Waals surface area contributed by atoms with E-state index in [1.165, 1.54) is 24.4 Å². The first kappa shape index (κ1) is 12.8. The van der Waals surface area contributed by atoms with Crippen LogP contribution in [0.4, 0.5) is 8.78 Å². The summed E-state index contributed by atoms with van der Waals surface area (Å²) in [4.78, 5) is 16.0. The first-order valence-electron chi connectivity index (χ1n) is 5.12. The Morgan fingerprint density at radius 2 is 2.06 bits per heavy atom. The fourth-order valence-corrected chi connectivity index (χ4v) is 1.93. The number of aromatic nitrogens is 1. The molecule has 2 rings (SSSR count). The van der Waals surface area contributed by atoms with Crippen LogP contribution in [-0.4, -0.2) is 10.8 Å². The summed E-state index contributed by atoms with van der Waals surface area (Å²) in [6.07, 6.45) is 0.351. The van der Waals surface area contributed by atoms with Crippen molar-refractivity contribution < 1.29 is 13.6 Å². The third kappa shape index (κ3) is 2.61. The number of pyridine rings is 1. The number of halogens is 3. The van der Waals surface area contributed by atoms with Gasteiger partial charge >= 0.3 is 0 Å². The van der Waals surface area contributed by atoms with E-state index in [4.69, 9.17) is 0 Å². The highest BCUT2D eigenvalue weighted by atomic mass is 79.9. The Balaban J connectivity index is 2.45. The van der Waals surface area contributed by atoms with E-state index < -0.39 is 6.43 Å². The standard InChI is InChI=1S/C13H8BrF2NO/c14-11-4-3-8(13(15)16)6-10(11)12(18)9-2-1-5-17-7-9/h1-7,13H. The number of hydrogen-bond donors (Lipinski definition) is 0. The maximum Gasteiger partial charge on any atom is 0.263 e. The molecule has 0 N–H and O–H groups in total. The molecule has 0 saturated carbocycles. The quantitative estimate of drug-likeness (QED) is 0.802. The number of benzene rings is 1. The summed E-state index contributed by atoms with van der Waals surface area (Å²) in [6, 6.07) is 7.15. The highest BCUT2D eigenvalue weighted by molar-refractivity contribution is 9.10. The van der Waals surface area contributed by atoms with Gasteiger partial charge in [-0.2, -0.15) is 0 Å². The Kier molecular flexibility index (Phi) is 3.81. The summed E-state index contributed by atoms with van der Waals surface area (Å²) in [6.45, 7) is 0. The van der Waals surface area contributed by atoms with Crippen molar-refractivity contribution >= 4 is 21.7 Å². The van der Waals surface area contributed by atoms with Crippen LogP contribution in [0.1, 0.15) is 27.9 Å². The fourth-order valence-electron chi connectivity index (χ4n) is 1.51. The van der Waals surface area contributed by atoms with E-state index in [1.807, 2.05) is 0 Å². The number of nitrogens with zero attached hydrogens (tertiary/aromatic N) is 1. The topological polar surface area (TPSA) is 30.0 Å². The van der Waals surface area contributed by atoms with E-state index in [0.717, 1.165) is 0 Å². The SMILES string of the molecule is O=C(c1cccnc1)c1cc(C(F)F)ccc1Br. The van der Waals surface area contributed by atoms with Crippen LogP contribution in [0.25, 0.3) is 0 Å². The molecule has 0 aliphatic carbocycles. The maximum absolute atomic E-state index is 12.6. The van der Waals surface area contributed by atoms with Gasteiger partial charge in [-0.1, -0.05) is 22.0 Å². The first-order valence-corrected chi connectivity index (χ1v) is 5.91. The fraction of sp³-hybridized carbons (Fsp3) is 0.0769. The minimum atomic E-state index is -2.60. The van der Waals surface area contributed by atoms with Gasteiger partial charge in [-0.3, -0.25) is 9.78 Å². The number of rotatable bonds is 3. The van der Waals surface area contributed by atoms with E-state index in [9.17, 15) is 13.6 Å². The van der Waals surface area contributed by atoms with Crippen LogP contribution in [0.3, 0.4) is 0 Å². The van der Waals surface area contributed by atoms with Crippen LogP contribution in [0.2, 0.25) is 0 Å². The van der Waals surface area contributed by atoms with Gasteiger partial charge in [0.05, 0.1) is 0 Å². The molecule has 0 aliphatic heterocycles. The molecule has 1 aromatic carbocycles. The molecule has 2 nitrogen and oxygen atoms in total. The minimum Gasteiger partial charge on any atom is -0.289 e. The monoisotopic (exact) mass is 311 g/mol. The van der Waals surface area contributed by atoms with Crippen LogP contribution < -0.4 is 0 Å². The van der Waals surface area contributed by atoms with Crippen molar-refractivity contribution in [2.45, 2.75) is 6.43 Å². The van der Waals surface area contributed by atoms with E-state index >= 15 is 0 Å². The van der Waals surface area contributed by atoms with Gasteiger partial charge in [-0.15, -0.1) is 0 Å². The molecule has 2 aromatic rings. The second-order valence-electron chi connectivity index (χ2n) is 3.61. The van der Waals surface area contributed by atoms with Crippen LogP contribution in [-0.2, 0) is 0 Å². The molecular weight excluding hydrogens is 304 g/mol. The van der Waals surface area contributed by atoms with E-state index in [1.54, 1.807) is 18.3 Å². The molecule has 0 radical (unpaired) electrons. The molecule has 92 valence electrons. The Bertz CT molecular complexity index is 572. The van der Waals surface area contributed by atoms with Crippen molar-refractivity contribution in [1.29, 1.82) is 0 Å². The lowest BCUT2D eigenvalue weighted by Gasteiger charge is -2.06. The molecular formula is C13H8BrF2NO. The van der Waals surface area contributed by atoms with Crippen molar-refractivity contribution in [3.8, 4) is 0 Å². The zero-order valence-electron chi connectivity index (χ0n) is 9.11. The van der Waals surface area contributed by atoms with Gasteiger partial charge in [0, 0.05) is 33.6 Å². The number of carbonyl (C=O) groups is 1. The largest absolute Gasteiger partial charge is 0.289 e. The number of hydrogen-bond acceptors (Lipinski definition) is 2. The molecule has 0 unspecified atom stereocenters. The van der Waals surface area contributed by atoms with Gasteiger partial charge in [0.2, 0.25) is 0 Å². The van der Waals surface area contributed by atoms with Gasteiger partial charge < -0.3 is 0 Å². The zero-order valence-corrected chi connectivity index (χ0v) is 10.7. The lowest BCUT2D eigenvalue weighted by Crippen LogP contribution is -2.03. The van der Waals surface area contributed by atoms with Gasteiger partial charge in [0.25, 0.3) is 6.43 Å². The van der Waals surface area contributed by atoms with Crippen LogP contribution in [0.5, 0.6) is 0 Å². The predicted octanol–water partition coefficient (Wildman–Crippen LogP) is 4.01. The summed E-state index contributed by atoms with van der Waals surface area (Å²) in [5.41, 5.74) is 0.399. The van der Waals surface area contributed by atoms with E-state index in [2.05, 4.69) is 20.9 Å². The van der Waals surface area contributed by atoms with E-state index in [0.29, 0.717) is 10.0 Å². The minimum absolute atomic E-state index is 0.176. The molecule has 0 atom stereocenters. The highest BCUT2D eigenvalue weighted by Crippen LogP contribution is 2.26. The Morgan fingerprint density at radius 3 is 2.67 bits per heavy atom. The van der Waals surface area contributed by atoms with Crippen molar-refractivity contribution in [2.24, 2.45) is 0 Å². The lowest BCUT2D eigenvalue weighted by molar-refractivity contribution is 0.103. The number of alkyl halides is 2. The van der Waals surface area contributed by atoms with Gasteiger partial charge in [0.1, 0.15) is 0 Å². The smallest absolute Gasteiger partial charge is 0.263 e. The van der Waals surface area contributed by atoms with Gasteiger partial charge in [0.15, 0.2) is 5.78 Å². The summed E-state index contributed by atoms with van der Waals surface area (Å²) in [5.74, 6) is -0.336. The van der Waals surface area contributed by atoms with Crippen LogP contribution in [0.15, 0.2) is 47.2 Å². The second-order valence-corrected chi connectivity index (χ2v) is 4.47. The third-order valence-corrected chi connectivity index (χ3v) is 3.10. The third-order valence-electron chi connectivity index (χ3n) is 2.41. The summed E-state index contributed by atoms with van der Waals surface area (Å²) in [5, 5.41) is 0. The van der Waals surface area contributed by atoms with Gasteiger partial charge in [-0.25, -0.2) is 8.78 Å². The Labute approximate surface area is 111 Å². The zero-order chi connectivity index (χ0) is 13.1. The average molecular weight is 312 g/mol. The second kappa shape index (κ2) is 5.35. The molecule has 0 saturated heterocycles. The summed E-state index contributed by atoms with van der Waals surface area (Å²) >= 11 is 3.19. The Hall–Kier alpha value is -1.62.